The molecule has 0 N–H and O–H groups in total. The smallest absolute Gasteiger partial charge is 0.209 e. The number of imidazole rings is 1. The van der Waals surface area contributed by atoms with Crippen LogP contribution in [0.4, 0.5) is 5.82 Å². The van der Waals surface area contributed by atoms with Crippen molar-refractivity contribution in [3.8, 4) is 17.0 Å². The number of nitroso groups, excluding NO2 is 1. The molecule has 3 aromatic rings. The van der Waals surface area contributed by atoms with E-state index in [1.165, 1.54) is 0 Å². The topological polar surface area (TPSA) is 56.0 Å². The summed E-state index contributed by atoms with van der Waals surface area (Å²) >= 11 is 0. The monoisotopic (exact) mass is 295 g/mol. The lowest BCUT2D eigenvalue weighted by molar-refractivity contribution is 0.416. The lowest BCUT2D eigenvalue weighted by Gasteiger charge is -2.10. The zero-order valence-corrected chi connectivity index (χ0v) is 13.0. The largest absolute Gasteiger partial charge is 0.496 e. The van der Waals surface area contributed by atoms with Crippen molar-refractivity contribution in [1.82, 2.24) is 9.38 Å². The van der Waals surface area contributed by atoms with Crippen molar-refractivity contribution in [3.05, 3.63) is 52.1 Å². The number of nitrogens with zero attached hydrogens (tertiary/aromatic N) is 3. The first-order chi connectivity index (χ1) is 10.5. The summed E-state index contributed by atoms with van der Waals surface area (Å²) in [5, 5.41) is 3.20. The summed E-state index contributed by atoms with van der Waals surface area (Å²) < 4.78 is 7.18. The van der Waals surface area contributed by atoms with E-state index >= 15 is 0 Å². The van der Waals surface area contributed by atoms with E-state index in [0.717, 1.165) is 22.3 Å². The average molecular weight is 295 g/mol. The number of aryl methyl sites for hydroxylation is 3. The molecule has 1 aromatic carbocycles. The highest BCUT2D eigenvalue weighted by Gasteiger charge is 2.19. The molecule has 0 amide bonds. The summed E-state index contributed by atoms with van der Waals surface area (Å²) in [4.78, 5) is 16.0. The van der Waals surface area contributed by atoms with Crippen LogP contribution < -0.4 is 4.74 Å². The molecule has 0 spiro atoms. The van der Waals surface area contributed by atoms with Crippen molar-refractivity contribution in [2.45, 2.75) is 20.8 Å². The van der Waals surface area contributed by atoms with E-state index in [1.54, 1.807) is 11.5 Å². The van der Waals surface area contributed by atoms with Gasteiger partial charge in [-0.3, -0.25) is 4.40 Å². The lowest BCUT2D eigenvalue weighted by Crippen LogP contribution is -1.92. The van der Waals surface area contributed by atoms with Crippen molar-refractivity contribution in [2.24, 2.45) is 5.18 Å². The second-order valence-corrected chi connectivity index (χ2v) is 5.45. The van der Waals surface area contributed by atoms with Crippen LogP contribution in [0.15, 0.2) is 35.6 Å². The lowest BCUT2D eigenvalue weighted by atomic mass is 10.0. The van der Waals surface area contributed by atoms with E-state index in [4.69, 9.17) is 4.74 Å². The minimum atomic E-state index is 0.292. The summed E-state index contributed by atoms with van der Waals surface area (Å²) in [5.74, 6) is 0.980. The number of hydrogen-bond donors (Lipinski definition) is 0. The average Bonchev–Trinajstić information content (AvgIpc) is 2.86. The Morgan fingerprint density at radius 1 is 1.14 bits per heavy atom. The van der Waals surface area contributed by atoms with E-state index in [2.05, 4.69) is 10.2 Å². The van der Waals surface area contributed by atoms with Crippen molar-refractivity contribution >= 4 is 11.5 Å². The first-order valence-corrected chi connectivity index (χ1v) is 7.03. The first-order valence-electron chi connectivity index (χ1n) is 7.03. The molecule has 0 aliphatic rings. The van der Waals surface area contributed by atoms with Gasteiger partial charge in [-0.1, -0.05) is 6.07 Å². The fourth-order valence-corrected chi connectivity index (χ4v) is 2.55. The van der Waals surface area contributed by atoms with Crippen LogP contribution in [0.1, 0.15) is 16.7 Å². The number of benzene rings is 1. The summed E-state index contributed by atoms with van der Waals surface area (Å²) in [5.41, 5.74) is 5.28. The highest BCUT2D eigenvalue weighted by Crippen LogP contribution is 2.38. The van der Waals surface area contributed by atoms with Crippen LogP contribution in [-0.2, 0) is 0 Å². The van der Waals surface area contributed by atoms with E-state index in [-0.39, 0.29) is 0 Å². The van der Waals surface area contributed by atoms with Gasteiger partial charge in [0.15, 0.2) is 0 Å². The van der Waals surface area contributed by atoms with E-state index in [1.807, 2.05) is 51.2 Å². The van der Waals surface area contributed by atoms with Crippen LogP contribution in [0.5, 0.6) is 5.75 Å². The third-order valence-corrected chi connectivity index (χ3v) is 3.90. The molecule has 2 aromatic heterocycles. The SMILES string of the molecule is COc1cc(C)c(C)cc1-c1nc2ccc(C)cn2c1N=O. The van der Waals surface area contributed by atoms with Crippen molar-refractivity contribution < 1.29 is 4.74 Å². The van der Waals surface area contributed by atoms with Gasteiger partial charge in [-0.25, -0.2) is 4.98 Å². The minimum absolute atomic E-state index is 0.292. The highest BCUT2D eigenvalue weighted by molar-refractivity contribution is 5.79. The van der Waals surface area contributed by atoms with Gasteiger partial charge in [0.25, 0.3) is 0 Å². The van der Waals surface area contributed by atoms with Gasteiger partial charge in [0, 0.05) is 11.8 Å². The van der Waals surface area contributed by atoms with Gasteiger partial charge in [0.2, 0.25) is 5.82 Å². The maximum Gasteiger partial charge on any atom is 0.209 e. The Morgan fingerprint density at radius 3 is 2.55 bits per heavy atom. The van der Waals surface area contributed by atoms with Gasteiger partial charge in [-0.15, -0.1) is 4.91 Å². The molecule has 3 rings (SSSR count). The molecule has 0 saturated heterocycles. The Bertz CT molecular complexity index is 881. The molecule has 0 radical (unpaired) electrons. The zero-order chi connectivity index (χ0) is 15.9. The summed E-state index contributed by atoms with van der Waals surface area (Å²) in [7, 11) is 1.61. The van der Waals surface area contributed by atoms with Gasteiger partial charge in [-0.05, 0) is 60.8 Å². The molecule has 0 aliphatic carbocycles. The van der Waals surface area contributed by atoms with Gasteiger partial charge in [-0.2, -0.15) is 0 Å². The molecule has 0 fully saturated rings. The predicted molar refractivity (Wildman–Crippen MR) is 86.8 cm³/mol. The molecule has 0 unspecified atom stereocenters. The molecular formula is C17H17N3O2. The predicted octanol–water partition coefficient (Wildman–Crippen LogP) is 4.33. The van der Waals surface area contributed by atoms with Gasteiger partial charge >= 0.3 is 0 Å². The second-order valence-electron chi connectivity index (χ2n) is 5.45. The maximum absolute atomic E-state index is 11.4. The van der Waals surface area contributed by atoms with Crippen molar-refractivity contribution in [2.75, 3.05) is 7.11 Å². The summed E-state index contributed by atoms with van der Waals surface area (Å²) in [6, 6.07) is 7.77. The second kappa shape index (κ2) is 5.26. The normalized spacial score (nSPS) is 10.9. The van der Waals surface area contributed by atoms with Crippen LogP contribution in [0.2, 0.25) is 0 Å². The standard InChI is InChI=1S/C17H17N3O2/c1-10-5-6-15-18-16(17(19-21)20(15)9-10)13-7-11(2)12(3)8-14(13)22-4/h5-9H,1-4H3. The molecule has 0 aliphatic heterocycles. The molecule has 2 heterocycles. The van der Waals surface area contributed by atoms with Crippen LogP contribution in [0.3, 0.4) is 0 Å². The number of fused-ring (bicyclic) bond motifs is 1. The number of hydrogen-bond acceptors (Lipinski definition) is 4. The van der Waals surface area contributed by atoms with Gasteiger partial charge in [0.05, 0.1) is 7.11 Å². The molecule has 5 heteroatoms. The Morgan fingerprint density at radius 2 is 1.86 bits per heavy atom. The minimum Gasteiger partial charge on any atom is -0.496 e. The van der Waals surface area contributed by atoms with E-state index in [0.29, 0.717) is 22.9 Å². The number of ether oxygens (including phenoxy) is 1. The molecule has 0 atom stereocenters. The Kier molecular flexibility index (Phi) is 3.41. The van der Waals surface area contributed by atoms with Crippen LogP contribution in [0, 0.1) is 25.7 Å². The fourth-order valence-electron chi connectivity index (χ4n) is 2.55. The molecular weight excluding hydrogens is 278 g/mol. The van der Waals surface area contributed by atoms with Crippen molar-refractivity contribution in [3.63, 3.8) is 0 Å². The first kappa shape index (κ1) is 14.3. The van der Waals surface area contributed by atoms with Crippen molar-refractivity contribution in [1.29, 1.82) is 0 Å². The van der Waals surface area contributed by atoms with Crippen LogP contribution in [-0.4, -0.2) is 16.5 Å². The number of methoxy groups -OCH3 is 1. The Hall–Kier alpha value is -2.69. The van der Waals surface area contributed by atoms with E-state index in [9.17, 15) is 4.91 Å². The molecule has 5 nitrogen and oxygen atoms in total. The maximum atomic E-state index is 11.4. The number of pyridine rings is 1. The summed E-state index contributed by atoms with van der Waals surface area (Å²) in [6.45, 7) is 6.00. The Balaban J connectivity index is 2.35. The number of aromatic nitrogens is 2. The summed E-state index contributed by atoms with van der Waals surface area (Å²) in [6.07, 6.45) is 1.86. The van der Waals surface area contributed by atoms with Gasteiger partial charge in [0.1, 0.15) is 17.1 Å². The van der Waals surface area contributed by atoms with Gasteiger partial charge < -0.3 is 4.74 Å². The third-order valence-electron chi connectivity index (χ3n) is 3.90. The highest BCUT2D eigenvalue weighted by atomic mass is 16.5. The van der Waals surface area contributed by atoms with Crippen LogP contribution in [0.25, 0.3) is 16.9 Å². The number of rotatable bonds is 3. The molecule has 0 bridgehead atoms. The Labute approximate surface area is 128 Å². The van der Waals surface area contributed by atoms with E-state index < -0.39 is 0 Å². The molecule has 0 saturated carbocycles. The molecule has 22 heavy (non-hydrogen) atoms. The third kappa shape index (κ3) is 2.15. The molecule has 112 valence electrons. The van der Waals surface area contributed by atoms with Crippen LogP contribution >= 0.6 is 0 Å². The zero-order valence-electron chi connectivity index (χ0n) is 13.0. The fraction of sp³-hybridized carbons (Fsp3) is 0.235. The quantitative estimate of drug-likeness (QED) is 0.676.